The first kappa shape index (κ1) is 19.0. The van der Waals surface area contributed by atoms with Gasteiger partial charge >= 0.3 is 0 Å². The molecule has 3 rings (SSSR count). The number of aliphatic hydroxyl groups excluding tert-OH is 1. The normalized spacial score (nSPS) is 22.5. The number of piperidine rings is 1. The van der Waals surface area contributed by atoms with Gasteiger partial charge in [0.1, 0.15) is 6.04 Å². The van der Waals surface area contributed by atoms with E-state index in [9.17, 15) is 24.3 Å². The number of hydrogen-bond acceptors (Lipinski definition) is 6. The maximum Gasteiger partial charge on any atom is 0.261 e. The van der Waals surface area contributed by atoms with E-state index in [1.807, 2.05) is 6.07 Å². The molecule has 2 aliphatic rings. The van der Waals surface area contributed by atoms with Gasteiger partial charge in [0, 0.05) is 24.2 Å². The number of carbonyl (C=O) groups excluding carboxylic acids is 4. The summed E-state index contributed by atoms with van der Waals surface area (Å²) in [6.45, 7) is 2.69. The van der Waals surface area contributed by atoms with E-state index in [-0.39, 0.29) is 25.5 Å². The number of imide groups is 2. The maximum atomic E-state index is 12.9. The Morgan fingerprint density at radius 3 is 2.78 bits per heavy atom. The molecule has 0 spiro atoms. The SMILES string of the molecule is Cc1cc(N2CCCC2CO)ccc1C(=O)N(C=O)C1CCC(=O)NC1=O. The minimum atomic E-state index is -0.982. The van der Waals surface area contributed by atoms with Gasteiger partial charge in [0.05, 0.1) is 12.6 Å². The molecule has 0 radical (unpaired) electrons. The van der Waals surface area contributed by atoms with Crippen LogP contribution in [0, 0.1) is 6.92 Å². The molecule has 2 N–H and O–H groups in total. The second kappa shape index (κ2) is 7.87. The number of benzene rings is 1. The molecule has 0 bridgehead atoms. The van der Waals surface area contributed by atoms with Crippen molar-refractivity contribution in [2.24, 2.45) is 0 Å². The van der Waals surface area contributed by atoms with Crippen molar-refractivity contribution in [3.63, 3.8) is 0 Å². The van der Waals surface area contributed by atoms with Crippen molar-refractivity contribution in [3.8, 4) is 0 Å². The summed E-state index contributed by atoms with van der Waals surface area (Å²) in [5, 5.41) is 11.7. The smallest absolute Gasteiger partial charge is 0.261 e. The van der Waals surface area contributed by atoms with Crippen molar-refractivity contribution in [3.05, 3.63) is 29.3 Å². The van der Waals surface area contributed by atoms with E-state index >= 15 is 0 Å². The van der Waals surface area contributed by atoms with E-state index in [1.165, 1.54) is 0 Å². The highest BCUT2D eigenvalue weighted by molar-refractivity contribution is 6.07. The van der Waals surface area contributed by atoms with Crippen LogP contribution in [0.15, 0.2) is 18.2 Å². The number of hydrogen-bond donors (Lipinski definition) is 2. The number of aryl methyl sites for hydroxylation is 1. The Hall–Kier alpha value is -2.74. The lowest BCUT2D eigenvalue weighted by atomic mass is 10.0. The van der Waals surface area contributed by atoms with Crippen LogP contribution >= 0.6 is 0 Å². The van der Waals surface area contributed by atoms with Gasteiger partial charge in [0.25, 0.3) is 5.91 Å². The maximum absolute atomic E-state index is 12.9. The zero-order valence-corrected chi connectivity index (χ0v) is 15.2. The number of amides is 4. The van der Waals surface area contributed by atoms with Crippen LogP contribution in [0.4, 0.5) is 5.69 Å². The van der Waals surface area contributed by atoms with E-state index in [0.29, 0.717) is 17.5 Å². The highest BCUT2D eigenvalue weighted by Gasteiger charge is 2.35. The van der Waals surface area contributed by atoms with Gasteiger partial charge in [-0.25, -0.2) is 0 Å². The van der Waals surface area contributed by atoms with Gasteiger partial charge in [-0.05, 0) is 49.9 Å². The molecule has 0 saturated carbocycles. The molecule has 2 unspecified atom stereocenters. The molecule has 2 atom stereocenters. The highest BCUT2D eigenvalue weighted by Crippen LogP contribution is 2.28. The lowest BCUT2D eigenvalue weighted by Gasteiger charge is -2.29. The molecule has 1 aromatic carbocycles. The summed E-state index contributed by atoms with van der Waals surface area (Å²) in [7, 11) is 0. The number of rotatable bonds is 5. The molecule has 2 saturated heterocycles. The molecule has 8 nitrogen and oxygen atoms in total. The Morgan fingerprint density at radius 2 is 2.15 bits per heavy atom. The van der Waals surface area contributed by atoms with Crippen LogP contribution in [0.25, 0.3) is 0 Å². The minimum absolute atomic E-state index is 0.0703. The zero-order valence-electron chi connectivity index (χ0n) is 15.2. The van der Waals surface area contributed by atoms with E-state index in [1.54, 1.807) is 19.1 Å². The predicted molar refractivity (Wildman–Crippen MR) is 97.0 cm³/mol. The monoisotopic (exact) mass is 373 g/mol. The third-order valence-corrected chi connectivity index (χ3v) is 5.25. The lowest BCUT2D eigenvalue weighted by molar-refractivity contribution is -0.139. The third-order valence-electron chi connectivity index (χ3n) is 5.25. The van der Waals surface area contributed by atoms with Crippen molar-refractivity contribution in [2.45, 2.75) is 44.7 Å². The van der Waals surface area contributed by atoms with Crippen molar-refractivity contribution in [2.75, 3.05) is 18.1 Å². The van der Waals surface area contributed by atoms with Crippen molar-refractivity contribution in [1.82, 2.24) is 10.2 Å². The van der Waals surface area contributed by atoms with Crippen LogP contribution in [0.1, 0.15) is 41.6 Å². The van der Waals surface area contributed by atoms with Crippen LogP contribution in [-0.2, 0) is 14.4 Å². The molecule has 0 aliphatic carbocycles. The first-order valence-electron chi connectivity index (χ1n) is 9.06. The molecule has 4 amide bonds. The van der Waals surface area contributed by atoms with Crippen LogP contribution in [-0.4, -0.2) is 59.4 Å². The summed E-state index contributed by atoms with van der Waals surface area (Å²) in [6, 6.07) is 4.38. The molecule has 0 aromatic heterocycles. The fourth-order valence-electron chi connectivity index (χ4n) is 3.78. The molecule has 144 valence electrons. The molecule has 2 aliphatic heterocycles. The van der Waals surface area contributed by atoms with Crippen LogP contribution in [0.3, 0.4) is 0 Å². The van der Waals surface area contributed by atoms with Gasteiger partial charge in [-0.3, -0.25) is 29.4 Å². The van der Waals surface area contributed by atoms with E-state index in [0.717, 1.165) is 30.0 Å². The van der Waals surface area contributed by atoms with Crippen LogP contribution < -0.4 is 10.2 Å². The Labute approximate surface area is 157 Å². The summed E-state index contributed by atoms with van der Waals surface area (Å²) >= 11 is 0. The van der Waals surface area contributed by atoms with E-state index < -0.39 is 23.8 Å². The Bertz CT molecular complexity index is 779. The van der Waals surface area contributed by atoms with Crippen molar-refractivity contribution in [1.29, 1.82) is 0 Å². The molecule has 8 heteroatoms. The molecule has 2 heterocycles. The van der Waals surface area contributed by atoms with Crippen molar-refractivity contribution < 1.29 is 24.3 Å². The van der Waals surface area contributed by atoms with Gasteiger partial charge in [-0.15, -0.1) is 0 Å². The van der Waals surface area contributed by atoms with Gasteiger partial charge in [-0.2, -0.15) is 0 Å². The number of carbonyl (C=O) groups is 4. The standard InChI is InChI=1S/C19H23N3O5/c1-12-9-13(21-8-2-3-14(21)10-23)4-5-15(12)19(27)22(11-24)16-6-7-17(25)20-18(16)26/h4-5,9,11,14,16,23H,2-3,6-8,10H2,1H3,(H,20,25,26). The summed E-state index contributed by atoms with van der Waals surface area (Å²) in [5.74, 6) is -1.60. The Morgan fingerprint density at radius 1 is 1.37 bits per heavy atom. The summed E-state index contributed by atoms with van der Waals surface area (Å²) in [5.41, 5.74) is 1.93. The quantitative estimate of drug-likeness (QED) is 0.570. The average molecular weight is 373 g/mol. The molecule has 27 heavy (non-hydrogen) atoms. The summed E-state index contributed by atoms with van der Waals surface area (Å²) < 4.78 is 0. The molecule has 1 aromatic rings. The predicted octanol–water partition coefficient (Wildman–Crippen LogP) is 0.360. The van der Waals surface area contributed by atoms with E-state index in [2.05, 4.69) is 10.2 Å². The summed E-state index contributed by atoms with van der Waals surface area (Å²) in [4.78, 5) is 50.6. The van der Waals surface area contributed by atoms with E-state index in [4.69, 9.17) is 0 Å². The fourth-order valence-corrected chi connectivity index (χ4v) is 3.78. The summed E-state index contributed by atoms with van der Waals surface area (Å²) in [6.07, 6.45) is 2.48. The van der Waals surface area contributed by atoms with Gasteiger partial charge < -0.3 is 10.0 Å². The van der Waals surface area contributed by atoms with Crippen molar-refractivity contribution >= 4 is 29.8 Å². The zero-order chi connectivity index (χ0) is 19.6. The van der Waals surface area contributed by atoms with Crippen LogP contribution in [0.2, 0.25) is 0 Å². The first-order valence-corrected chi connectivity index (χ1v) is 9.06. The average Bonchev–Trinajstić information content (AvgIpc) is 3.12. The first-order chi connectivity index (χ1) is 13.0. The second-order valence-corrected chi connectivity index (χ2v) is 6.96. The molecular formula is C19H23N3O5. The number of nitrogens with zero attached hydrogens (tertiary/aromatic N) is 2. The van der Waals surface area contributed by atoms with Crippen LogP contribution in [0.5, 0.6) is 0 Å². The topological polar surface area (TPSA) is 107 Å². The second-order valence-electron chi connectivity index (χ2n) is 6.96. The number of aliphatic hydroxyl groups is 1. The van der Waals surface area contributed by atoms with Gasteiger partial charge in [0.2, 0.25) is 18.2 Å². The number of anilines is 1. The van der Waals surface area contributed by atoms with Gasteiger partial charge in [-0.1, -0.05) is 0 Å². The molecule has 2 fully saturated rings. The Balaban J connectivity index is 1.82. The lowest BCUT2D eigenvalue weighted by Crippen LogP contribution is -2.53. The molecular weight excluding hydrogens is 350 g/mol. The van der Waals surface area contributed by atoms with Gasteiger partial charge in [0.15, 0.2) is 0 Å². The minimum Gasteiger partial charge on any atom is -0.394 e. The fraction of sp³-hybridized carbons (Fsp3) is 0.474. The number of nitrogens with one attached hydrogen (secondary N) is 1. The third kappa shape index (κ3) is 3.71. The largest absolute Gasteiger partial charge is 0.394 e. The Kier molecular flexibility index (Phi) is 5.55. The highest BCUT2D eigenvalue weighted by atomic mass is 16.3.